The van der Waals surface area contributed by atoms with E-state index in [9.17, 15) is 0 Å². The minimum Gasteiger partial charge on any atom is -0.492 e. The molecular weight excluding hydrogens is 274 g/mol. The highest BCUT2D eigenvalue weighted by molar-refractivity contribution is 6.27. The molecule has 2 aromatic heterocycles. The smallest absolute Gasteiger partial charge is 0.414 e. The third kappa shape index (κ3) is 4.83. The molecule has 21 heavy (non-hydrogen) atoms. The number of aromatic nitrogens is 1. The van der Waals surface area contributed by atoms with Gasteiger partial charge in [0.05, 0.1) is 12.8 Å². The molecule has 2 rings (SSSR count). The van der Waals surface area contributed by atoms with Crippen molar-refractivity contribution in [2.24, 2.45) is 0 Å². The molecule has 0 radical (unpaired) electrons. The van der Waals surface area contributed by atoms with Gasteiger partial charge in [-0.15, -0.1) is 0 Å². The van der Waals surface area contributed by atoms with E-state index in [-0.39, 0.29) is 0 Å². The number of carboxylic acid groups (broad SMARTS) is 2. The Labute approximate surface area is 122 Å². The van der Waals surface area contributed by atoms with Gasteiger partial charge in [-0.25, -0.2) is 9.59 Å². The molecule has 0 aliphatic rings. The van der Waals surface area contributed by atoms with E-state index in [1.807, 2.05) is 19.2 Å². The van der Waals surface area contributed by atoms with Gasteiger partial charge in [-0.05, 0) is 36.6 Å². The minimum absolute atomic E-state index is 0.570. The molecule has 0 amide bonds. The molecule has 6 nitrogen and oxygen atoms in total. The summed E-state index contributed by atoms with van der Waals surface area (Å²) in [4.78, 5) is 18.2. The predicted octanol–water partition coefficient (Wildman–Crippen LogP) is 2.62. The molecule has 0 aromatic carbocycles. The molecular formula is C15H19NO5. The standard InChI is InChI=1S/C13H17NO.C2H2O4/c1-4-15-13-6-5-12-7-11(10(2)3)8-14(12)9-13;3-1(4)2(5)6/h5-10H,4H2,1-3H3;(H,3,4)(H,5,6). The fraction of sp³-hybridized carbons (Fsp3) is 0.333. The molecule has 0 bridgehead atoms. The lowest BCUT2D eigenvalue weighted by molar-refractivity contribution is -0.159. The molecule has 0 unspecified atom stereocenters. The number of ether oxygens (including phenoxy) is 1. The Hall–Kier alpha value is -2.50. The number of fused-ring (bicyclic) bond motifs is 1. The number of hydrogen-bond acceptors (Lipinski definition) is 3. The third-order valence-corrected chi connectivity index (χ3v) is 2.75. The van der Waals surface area contributed by atoms with Crippen LogP contribution < -0.4 is 4.74 Å². The number of nitrogens with zero attached hydrogens (tertiary/aromatic N) is 1. The van der Waals surface area contributed by atoms with E-state index < -0.39 is 11.9 Å². The van der Waals surface area contributed by atoms with Crippen molar-refractivity contribution in [3.63, 3.8) is 0 Å². The third-order valence-electron chi connectivity index (χ3n) is 2.75. The molecule has 6 heteroatoms. The van der Waals surface area contributed by atoms with Gasteiger partial charge in [0.25, 0.3) is 0 Å². The fourth-order valence-electron chi connectivity index (χ4n) is 1.68. The molecule has 2 heterocycles. The number of rotatable bonds is 3. The van der Waals surface area contributed by atoms with Gasteiger partial charge in [0.1, 0.15) is 5.75 Å². The van der Waals surface area contributed by atoms with E-state index in [0.29, 0.717) is 12.5 Å². The molecule has 0 atom stereocenters. The first-order chi connectivity index (χ1) is 9.85. The zero-order valence-corrected chi connectivity index (χ0v) is 12.2. The van der Waals surface area contributed by atoms with E-state index in [2.05, 4.69) is 36.6 Å². The van der Waals surface area contributed by atoms with Crippen LogP contribution in [0.15, 0.2) is 30.6 Å². The number of hydrogen-bond donors (Lipinski definition) is 2. The van der Waals surface area contributed by atoms with Gasteiger partial charge in [-0.3, -0.25) is 0 Å². The maximum absolute atomic E-state index is 9.10. The summed E-state index contributed by atoms with van der Waals surface area (Å²) in [6.07, 6.45) is 4.20. The molecule has 0 aliphatic carbocycles. The minimum atomic E-state index is -1.82. The highest BCUT2D eigenvalue weighted by atomic mass is 16.5. The zero-order chi connectivity index (χ0) is 16.0. The lowest BCUT2D eigenvalue weighted by Gasteiger charge is -2.03. The molecule has 114 valence electrons. The van der Waals surface area contributed by atoms with Crippen molar-refractivity contribution in [2.45, 2.75) is 26.7 Å². The van der Waals surface area contributed by atoms with Crippen molar-refractivity contribution in [3.8, 4) is 5.75 Å². The van der Waals surface area contributed by atoms with Crippen LogP contribution in [0.1, 0.15) is 32.3 Å². The Morgan fingerprint density at radius 1 is 1.19 bits per heavy atom. The summed E-state index contributed by atoms with van der Waals surface area (Å²) in [5, 5.41) is 14.8. The van der Waals surface area contributed by atoms with Crippen LogP contribution in [0, 0.1) is 0 Å². The van der Waals surface area contributed by atoms with Gasteiger partial charge in [0.2, 0.25) is 0 Å². The molecule has 2 N–H and O–H groups in total. The first-order valence-corrected chi connectivity index (χ1v) is 6.55. The number of pyridine rings is 1. The second-order valence-corrected chi connectivity index (χ2v) is 4.67. The average molecular weight is 293 g/mol. The fourth-order valence-corrected chi connectivity index (χ4v) is 1.68. The van der Waals surface area contributed by atoms with Crippen LogP contribution in [0.25, 0.3) is 5.52 Å². The van der Waals surface area contributed by atoms with E-state index in [1.54, 1.807) is 0 Å². The largest absolute Gasteiger partial charge is 0.492 e. The maximum Gasteiger partial charge on any atom is 0.414 e. The Kier molecular flexibility index (Phi) is 5.78. The van der Waals surface area contributed by atoms with Crippen molar-refractivity contribution < 1.29 is 24.5 Å². The van der Waals surface area contributed by atoms with Crippen LogP contribution in [0.3, 0.4) is 0 Å². The van der Waals surface area contributed by atoms with E-state index in [4.69, 9.17) is 24.5 Å². The first kappa shape index (κ1) is 16.6. The van der Waals surface area contributed by atoms with Gasteiger partial charge in [-0.1, -0.05) is 13.8 Å². The molecule has 0 saturated heterocycles. The van der Waals surface area contributed by atoms with Crippen molar-refractivity contribution in [2.75, 3.05) is 6.61 Å². The lowest BCUT2D eigenvalue weighted by atomic mass is 10.1. The van der Waals surface area contributed by atoms with E-state index in [1.165, 1.54) is 11.1 Å². The quantitative estimate of drug-likeness (QED) is 0.849. The highest BCUT2D eigenvalue weighted by Gasteiger charge is 2.04. The molecule has 2 aromatic rings. The lowest BCUT2D eigenvalue weighted by Crippen LogP contribution is -2.09. The van der Waals surface area contributed by atoms with Crippen molar-refractivity contribution in [1.29, 1.82) is 0 Å². The van der Waals surface area contributed by atoms with Gasteiger partial charge < -0.3 is 19.4 Å². The van der Waals surface area contributed by atoms with Crippen LogP contribution in [-0.2, 0) is 9.59 Å². The average Bonchev–Trinajstić information content (AvgIpc) is 2.83. The number of aliphatic carboxylic acids is 2. The first-order valence-electron chi connectivity index (χ1n) is 6.55. The van der Waals surface area contributed by atoms with E-state index in [0.717, 1.165) is 5.75 Å². The van der Waals surface area contributed by atoms with Crippen molar-refractivity contribution in [1.82, 2.24) is 4.40 Å². The summed E-state index contributed by atoms with van der Waals surface area (Å²) < 4.78 is 7.59. The van der Waals surface area contributed by atoms with Gasteiger partial charge in [-0.2, -0.15) is 0 Å². The van der Waals surface area contributed by atoms with Crippen LogP contribution in [0.4, 0.5) is 0 Å². The highest BCUT2D eigenvalue weighted by Crippen LogP contribution is 2.21. The molecule has 0 aliphatic heterocycles. The van der Waals surface area contributed by atoms with Crippen molar-refractivity contribution >= 4 is 17.5 Å². The number of carboxylic acids is 2. The van der Waals surface area contributed by atoms with Gasteiger partial charge in [0, 0.05) is 11.7 Å². The summed E-state index contributed by atoms with van der Waals surface area (Å²) in [7, 11) is 0. The summed E-state index contributed by atoms with van der Waals surface area (Å²) in [5.41, 5.74) is 2.59. The van der Waals surface area contributed by atoms with Crippen LogP contribution in [0.5, 0.6) is 5.75 Å². The molecule has 0 saturated carbocycles. The Balaban J connectivity index is 0.000000315. The monoisotopic (exact) mass is 293 g/mol. The number of carbonyl (C=O) groups is 2. The van der Waals surface area contributed by atoms with Crippen LogP contribution in [-0.4, -0.2) is 33.2 Å². The Morgan fingerprint density at radius 3 is 2.29 bits per heavy atom. The molecule has 0 spiro atoms. The zero-order valence-electron chi connectivity index (χ0n) is 12.2. The predicted molar refractivity (Wildman–Crippen MR) is 77.9 cm³/mol. The second kappa shape index (κ2) is 7.33. The summed E-state index contributed by atoms with van der Waals surface area (Å²) in [6.45, 7) is 7.12. The normalized spacial score (nSPS) is 10.1. The Morgan fingerprint density at radius 2 is 1.81 bits per heavy atom. The summed E-state index contributed by atoms with van der Waals surface area (Å²) in [6, 6.07) is 6.33. The summed E-state index contributed by atoms with van der Waals surface area (Å²) in [5.74, 6) is -2.15. The van der Waals surface area contributed by atoms with E-state index >= 15 is 0 Å². The molecule has 0 fully saturated rings. The SMILES string of the molecule is CCOc1ccc2cc(C(C)C)cn2c1.O=C(O)C(=O)O. The van der Waals surface area contributed by atoms with Gasteiger partial charge in [0.15, 0.2) is 0 Å². The second-order valence-electron chi connectivity index (χ2n) is 4.67. The Bertz CT molecular complexity index is 618. The van der Waals surface area contributed by atoms with Crippen LogP contribution >= 0.6 is 0 Å². The van der Waals surface area contributed by atoms with Crippen molar-refractivity contribution in [3.05, 3.63) is 36.2 Å². The van der Waals surface area contributed by atoms with Crippen LogP contribution in [0.2, 0.25) is 0 Å². The topological polar surface area (TPSA) is 88.2 Å². The maximum atomic E-state index is 9.10. The van der Waals surface area contributed by atoms with Gasteiger partial charge >= 0.3 is 11.9 Å². The summed E-state index contributed by atoms with van der Waals surface area (Å²) >= 11 is 0.